The number of carbonyl (C=O) groups is 2. The van der Waals surface area contributed by atoms with E-state index >= 15 is 0 Å². The molecule has 0 aromatic carbocycles. The zero-order chi connectivity index (χ0) is 46.3. The molecular weight excluding hydrogens is 1030 g/mol. The molecule has 0 aliphatic heterocycles. The molecule has 0 radical (unpaired) electrons. The number of unbranched alkanes of at least 4 members (excludes halogenated alkanes) is 4. The molecule has 18 atom stereocenters. The highest BCUT2D eigenvalue weighted by Gasteiger charge is 2.61. The van der Waals surface area contributed by atoms with Gasteiger partial charge >= 0.3 is 0 Å². The van der Waals surface area contributed by atoms with E-state index in [2.05, 4.69) is 110 Å². The Balaban J connectivity index is 0.681. The minimum Gasteiger partial charge on any atom is -0.381 e. The lowest BCUT2D eigenvalue weighted by Crippen LogP contribution is -2.52. The highest BCUT2D eigenvalue weighted by Crippen LogP contribution is 2.69. The van der Waals surface area contributed by atoms with E-state index in [1.807, 2.05) is 11.1 Å². The van der Waals surface area contributed by atoms with E-state index in [9.17, 15) is 9.59 Å². The van der Waals surface area contributed by atoms with Gasteiger partial charge in [-0.05, 0) is 223 Å². The number of carbonyl (C=O) groups excluding carboxylic acids is 2. The molecule has 7 heteroatoms. The van der Waals surface area contributed by atoms with Gasteiger partial charge in [0, 0.05) is 47.0 Å². The highest BCUT2D eigenvalue weighted by atomic mass is 127. The summed E-state index contributed by atoms with van der Waals surface area (Å²) in [6.07, 6.45) is 37.7. The standard InChI is InChI=1S/C58H94I2N2O3/c1-37(61-39(3)63)47-21-23-49-45-19-17-43-35-41(25-29-55(43,5)51(45)27-31-57(47,49)7)53(59)15-11-9-13-33-65-34-14-10-12-16-54(60)42-26-30-56(6)44(36-42)18-20-46-50-24-22-48(38(2)62-40(4)64)58(50,8)32-28-52(46)56/h17-18,37-38,41-42,45-54H,9-16,19-36H2,1-8H3,(H,61,63)(H,62,64)/t37?,38?,41-,42-,45-,46-,47+,48+,49-,50-,51-,52-,53+,54+,55-,56-,57+,58+/m0/s1. The van der Waals surface area contributed by atoms with Crippen molar-refractivity contribution in [1.82, 2.24) is 10.6 Å². The van der Waals surface area contributed by atoms with Gasteiger partial charge in [-0.15, -0.1) is 0 Å². The third-order valence-corrected chi connectivity index (χ3v) is 25.3. The first-order valence-electron chi connectivity index (χ1n) is 27.8. The molecule has 0 spiro atoms. The number of ether oxygens (including phenoxy) is 1. The molecule has 0 aromatic rings. The van der Waals surface area contributed by atoms with Crippen LogP contribution in [0.4, 0.5) is 0 Å². The van der Waals surface area contributed by atoms with Crippen molar-refractivity contribution >= 4 is 57.0 Å². The van der Waals surface area contributed by atoms with Crippen LogP contribution < -0.4 is 10.6 Å². The molecule has 0 saturated heterocycles. The molecule has 0 heterocycles. The van der Waals surface area contributed by atoms with Gasteiger partial charge in [-0.25, -0.2) is 0 Å². The van der Waals surface area contributed by atoms with Gasteiger partial charge in [-0.2, -0.15) is 0 Å². The molecule has 8 rings (SSSR count). The van der Waals surface area contributed by atoms with Gasteiger partial charge in [-0.3, -0.25) is 9.59 Å². The second-order valence-corrected chi connectivity index (χ2v) is 28.5. The summed E-state index contributed by atoms with van der Waals surface area (Å²) < 4.78 is 7.78. The summed E-state index contributed by atoms with van der Waals surface area (Å²) >= 11 is 5.67. The van der Waals surface area contributed by atoms with Crippen molar-refractivity contribution < 1.29 is 14.3 Å². The number of alkyl halides is 2. The first-order chi connectivity index (χ1) is 31.0. The number of fused-ring (bicyclic) bond motifs is 10. The number of rotatable bonds is 18. The fraction of sp³-hybridized carbons (Fsp3) is 0.897. The molecule has 0 bridgehead atoms. The predicted octanol–water partition coefficient (Wildman–Crippen LogP) is 15.2. The lowest BCUT2D eigenvalue weighted by Gasteiger charge is -2.59. The van der Waals surface area contributed by atoms with E-state index in [1.165, 1.54) is 154 Å². The Morgan fingerprint density at radius 3 is 1.40 bits per heavy atom. The summed E-state index contributed by atoms with van der Waals surface area (Å²) in [6.45, 7) is 20.3. The van der Waals surface area contributed by atoms with Gasteiger partial charge < -0.3 is 15.4 Å². The van der Waals surface area contributed by atoms with E-state index in [0.717, 1.165) is 68.4 Å². The van der Waals surface area contributed by atoms with Gasteiger partial charge in [0.15, 0.2) is 0 Å². The van der Waals surface area contributed by atoms with Crippen LogP contribution in [0.5, 0.6) is 0 Å². The summed E-state index contributed by atoms with van der Waals surface area (Å²) in [5, 5.41) is 6.57. The molecule has 6 saturated carbocycles. The van der Waals surface area contributed by atoms with Crippen molar-refractivity contribution in [2.24, 2.45) is 80.8 Å². The normalized spacial score (nSPS) is 42.6. The third kappa shape index (κ3) is 10.3. The van der Waals surface area contributed by atoms with Crippen LogP contribution in [-0.2, 0) is 14.3 Å². The number of halogens is 2. The summed E-state index contributed by atoms with van der Waals surface area (Å²) in [4.78, 5) is 23.9. The summed E-state index contributed by atoms with van der Waals surface area (Å²) in [6, 6.07) is 0.586. The Hall–Kier alpha value is -0.160. The Morgan fingerprint density at radius 1 is 0.585 bits per heavy atom. The van der Waals surface area contributed by atoms with Gasteiger partial charge in [0.05, 0.1) is 0 Å². The summed E-state index contributed by atoms with van der Waals surface area (Å²) in [5.41, 5.74) is 5.27. The second kappa shape index (κ2) is 21.3. The van der Waals surface area contributed by atoms with Crippen molar-refractivity contribution in [3.8, 4) is 0 Å². The topological polar surface area (TPSA) is 67.4 Å². The molecular formula is C58H94I2N2O3. The molecule has 0 aromatic heterocycles. The van der Waals surface area contributed by atoms with Crippen LogP contribution in [0.15, 0.2) is 23.3 Å². The van der Waals surface area contributed by atoms with E-state index in [1.54, 1.807) is 13.8 Å². The van der Waals surface area contributed by atoms with Gasteiger partial charge in [0.25, 0.3) is 0 Å². The van der Waals surface area contributed by atoms with Crippen LogP contribution in [0.2, 0.25) is 0 Å². The molecule has 2 N–H and O–H groups in total. The average molecular weight is 1120 g/mol. The number of amides is 2. The van der Waals surface area contributed by atoms with E-state index in [0.29, 0.717) is 45.6 Å². The molecule has 2 amide bonds. The van der Waals surface area contributed by atoms with E-state index < -0.39 is 0 Å². The predicted molar refractivity (Wildman–Crippen MR) is 287 cm³/mol. The van der Waals surface area contributed by atoms with Crippen molar-refractivity contribution in [3.05, 3.63) is 23.3 Å². The SMILES string of the molecule is CC(=O)NC(C)[C@H]1CC[C@H]2[C@@H]3CC=C4C[C@@H]([C@H](I)CCCCCOCCCCC[C@@H](I)[C@H]5CC[C@@]6(C)C(=CC[C@H]7[C@@H]8CC[C@H](C(C)NC(C)=O)[C@@]8(C)CC[C@@H]76)C5)CC[C@]4(C)[C@H]3CC[C@]12C. The maximum absolute atomic E-state index is 11.9. The Bertz CT molecular complexity index is 1610. The first kappa shape index (κ1) is 51.2. The largest absolute Gasteiger partial charge is 0.381 e. The fourth-order valence-corrected chi connectivity index (χ4v) is 20.7. The first-order valence-corrected chi connectivity index (χ1v) is 30.3. The quantitative estimate of drug-likeness (QED) is 0.0622. The Labute approximate surface area is 425 Å². The van der Waals surface area contributed by atoms with Crippen LogP contribution in [0.3, 0.4) is 0 Å². The van der Waals surface area contributed by atoms with Crippen LogP contribution in [0, 0.1) is 80.8 Å². The zero-order valence-corrected chi connectivity index (χ0v) is 46.9. The van der Waals surface area contributed by atoms with Crippen LogP contribution in [0.25, 0.3) is 0 Å². The number of allylic oxidation sites excluding steroid dienone is 4. The molecule has 8 aliphatic carbocycles. The van der Waals surface area contributed by atoms with Gasteiger partial charge in [0.2, 0.25) is 11.8 Å². The lowest BCUT2D eigenvalue weighted by atomic mass is 9.46. The van der Waals surface area contributed by atoms with Gasteiger partial charge in [0.1, 0.15) is 0 Å². The highest BCUT2D eigenvalue weighted by molar-refractivity contribution is 14.1. The number of hydrogen-bond donors (Lipinski definition) is 2. The number of nitrogens with one attached hydrogen (secondary N) is 2. The second-order valence-electron chi connectivity index (χ2n) is 25.3. The molecule has 2 unspecified atom stereocenters. The minimum atomic E-state index is 0.132. The Morgan fingerprint density at radius 2 is 1.00 bits per heavy atom. The van der Waals surface area contributed by atoms with Crippen molar-refractivity contribution in [2.75, 3.05) is 13.2 Å². The van der Waals surface area contributed by atoms with Crippen LogP contribution >= 0.6 is 45.2 Å². The molecule has 6 fully saturated rings. The maximum Gasteiger partial charge on any atom is 0.217 e. The van der Waals surface area contributed by atoms with Gasteiger partial charge in [-0.1, -0.05) is 122 Å². The zero-order valence-electron chi connectivity index (χ0n) is 42.6. The van der Waals surface area contributed by atoms with Crippen molar-refractivity contribution in [1.29, 1.82) is 0 Å². The fourth-order valence-electron chi connectivity index (χ4n) is 18.6. The van der Waals surface area contributed by atoms with Crippen molar-refractivity contribution in [3.63, 3.8) is 0 Å². The molecule has 368 valence electrons. The van der Waals surface area contributed by atoms with Crippen LogP contribution in [-0.4, -0.2) is 45.0 Å². The summed E-state index contributed by atoms with van der Waals surface area (Å²) in [5.74, 6) is 8.26. The maximum atomic E-state index is 11.9. The molecule has 8 aliphatic rings. The monoisotopic (exact) mass is 1120 g/mol. The molecule has 65 heavy (non-hydrogen) atoms. The third-order valence-electron chi connectivity index (χ3n) is 22.1. The minimum absolute atomic E-state index is 0.132. The van der Waals surface area contributed by atoms with E-state index in [4.69, 9.17) is 4.74 Å². The van der Waals surface area contributed by atoms with Crippen LogP contribution in [0.1, 0.15) is 209 Å². The lowest BCUT2D eigenvalue weighted by molar-refractivity contribution is -0.121. The molecule has 5 nitrogen and oxygen atoms in total. The van der Waals surface area contributed by atoms with Crippen molar-refractivity contribution in [2.45, 2.75) is 229 Å². The summed E-state index contributed by atoms with van der Waals surface area (Å²) in [7, 11) is 0. The Kier molecular flexibility index (Phi) is 16.8. The average Bonchev–Trinajstić information content (AvgIpc) is 3.81. The smallest absolute Gasteiger partial charge is 0.217 e. The van der Waals surface area contributed by atoms with E-state index in [-0.39, 0.29) is 11.8 Å². The number of hydrogen-bond acceptors (Lipinski definition) is 3.